The molecule has 8 aromatic carbocycles. The molecule has 0 unspecified atom stereocenters. The van der Waals surface area contributed by atoms with Crippen molar-refractivity contribution < 1.29 is 4.42 Å². The van der Waals surface area contributed by atoms with Gasteiger partial charge in [-0.25, -0.2) is 15.0 Å². The fourth-order valence-corrected chi connectivity index (χ4v) is 8.02. The number of nitrogens with zero attached hydrogens (tertiary/aromatic N) is 4. The Morgan fingerprint density at radius 2 is 0.875 bits per heavy atom. The highest BCUT2D eigenvalue weighted by Crippen LogP contribution is 2.42. The maximum Gasteiger partial charge on any atom is 0.164 e. The molecule has 3 heterocycles. The van der Waals surface area contributed by atoms with Gasteiger partial charge in [0.2, 0.25) is 0 Å². The molecular weight excluding hydrogens is 685 g/mol. The summed E-state index contributed by atoms with van der Waals surface area (Å²) in [6, 6.07) is 67.5. The van der Waals surface area contributed by atoms with E-state index in [0.29, 0.717) is 17.5 Å². The summed E-state index contributed by atoms with van der Waals surface area (Å²) < 4.78 is 9.28. The second-order valence-electron chi connectivity index (χ2n) is 14.0. The van der Waals surface area contributed by atoms with Crippen LogP contribution in [0.3, 0.4) is 0 Å². The third-order valence-corrected chi connectivity index (χ3v) is 10.7. The lowest BCUT2D eigenvalue weighted by molar-refractivity contribution is 0.670. The first-order valence-electron chi connectivity index (χ1n) is 18.8. The Morgan fingerprint density at radius 3 is 1.61 bits per heavy atom. The van der Waals surface area contributed by atoms with Gasteiger partial charge in [-0.05, 0) is 41.5 Å². The van der Waals surface area contributed by atoms with Gasteiger partial charge in [0.25, 0.3) is 0 Å². The number of fused-ring (bicyclic) bond motifs is 6. The minimum atomic E-state index is 0.590. The fraction of sp³-hybridized carbons (Fsp3) is 0. The van der Waals surface area contributed by atoms with Gasteiger partial charge < -0.3 is 8.98 Å². The van der Waals surface area contributed by atoms with Crippen LogP contribution in [0.1, 0.15) is 0 Å². The van der Waals surface area contributed by atoms with Crippen LogP contribution in [0, 0.1) is 0 Å². The first kappa shape index (κ1) is 31.9. The van der Waals surface area contributed by atoms with E-state index in [1.165, 1.54) is 21.9 Å². The predicted molar refractivity (Wildman–Crippen MR) is 229 cm³/mol. The van der Waals surface area contributed by atoms with Gasteiger partial charge in [0.1, 0.15) is 11.2 Å². The molecule has 56 heavy (non-hydrogen) atoms. The van der Waals surface area contributed by atoms with Crippen LogP contribution in [0.2, 0.25) is 0 Å². The molecule has 0 aliphatic carbocycles. The third-order valence-electron chi connectivity index (χ3n) is 10.7. The Bertz CT molecular complexity index is 3180. The van der Waals surface area contributed by atoms with Crippen LogP contribution in [0.25, 0.3) is 106 Å². The van der Waals surface area contributed by atoms with Crippen molar-refractivity contribution in [2.75, 3.05) is 0 Å². The van der Waals surface area contributed by atoms with Crippen LogP contribution >= 0.6 is 0 Å². The fourth-order valence-electron chi connectivity index (χ4n) is 8.02. The van der Waals surface area contributed by atoms with Gasteiger partial charge in [-0.1, -0.05) is 164 Å². The van der Waals surface area contributed by atoms with Gasteiger partial charge in [0.05, 0.1) is 16.7 Å². The van der Waals surface area contributed by atoms with E-state index >= 15 is 0 Å². The number of hydrogen-bond donors (Lipinski definition) is 0. The lowest BCUT2D eigenvalue weighted by Gasteiger charge is -2.14. The van der Waals surface area contributed by atoms with E-state index in [0.717, 1.165) is 66.5 Å². The maximum absolute atomic E-state index is 6.87. The molecule has 0 amide bonds. The van der Waals surface area contributed by atoms with Crippen molar-refractivity contribution in [1.29, 1.82) is 0 Å². The monoisotopic (exact) mass is 716 g/mol. The van der Waals surface area contributed by atoms with Crippen LogP contribution in [0.15, 0.2) is 199 Å². The second-order valence-corrected chi connectivity index (χ2v) is 14.0. The van der Waals surface area contributed by atoms with Crippen molar-refractivity contribution in [3.63, 3.8) is 0 Å². The molecule has 0 fully saturated rings. The molecule has 5 heteroatoms. The molecule has 11 rings (SSSR count). The van der Waals surface area contributed by atoms with E-state index in [1.54, 1.807) is 0 Å². The number of rotatable bonds is 6. The smallest absolute Gasteiger partial charge is 0.164 e. The lowest BCUT2D eigenvalue weighted by atomic mass is 10.00. The van der Waals surface area contributed by atoms with E-state index in [9.17, 15) is 0 Å². The molecule has 0 spiro atoms. The van der Waals surface area contributed by atoms with E-state index < -0.39 is 0 Å². The average molecular weight is 717 g/mol. The molecule has 3 aromatic heterocycles. The van der Waals surface area contributed by atoms with Crippen LogP contribution in [0.4, 0.5) is 0 Å². The van der Waals surface area contributed by atoms with E-state index in [1.807, 2.05) is 60.7 Å². The van der Waals surface area contributed by atoms with Crippen molar-refractivity contribution in [1.82, 2.24) is 19.5 Å². The van der Waals surface area contributed by atoms with E-state index in [2.05, 4.69) is 138 Å². The first-order valence-corrected chi connectivity index (χ1v) is 18.8. The zero-order valence-corrected chi connectivity index (χ0v) is 30.2. The summed E-state index contributed by atoms with van der Waals surface area (Å²) >= 11 is 0. The van der Waals surface area contributed by atoms with Gasteiger partial charge in [-0.3, -0.25) is 0 Å². The molecule has 0 radical (unpaired) electrons. The summed E-state index contributed by atoms with van der Waals surface area (Å²) in [6.45, 7) is 0. The maximum atomic E-state index is 6.87. The standard InChI is InChI=1S/C51H32N4O/c1-4-15-33(16-5-1)36-27-29-40-38-21-10-12-25-44(38)55(46(40)31-36)45-26-13-11-22-39(45)42-23-14-24-43-41-30-28-37(32-47(41)56-48(42)43)51-53-49(34-17-6-2-7-18-34)52-50(54-51)35-19-8-3-9-20-35/h1-32H. The van der Waals surface area contributed by atoms with Gasteiger partial charge in [0, 0.05) is 49.4 Å². The van der Waals surface area contributed by atoms with Gasteiger partial charge in [-0.2, -0.15) is 0 Å². The molecule has 0 aliphatic rings. The summed E-state index contributed by atoms with van der Waals surface area (Å²) in [7, 11) is 0. The molecule has 0 N–H and O–H groups in total. The van der Waals surface area contributed by atoms with Crippen molar-refractivity contribution in [3.8, 4) is 62.1 Å². The van der Waals surface area contributed by atoms with E-state index in [-0.39, 0.29) is 0 Å². The van der Waals surface area contributed by atoms with Gasteiger partial charge >= 0.3 is 0 Å². The predicted octanol–water partition coefficient (Wildman–Crippen LogP) is 13.2. The third kappa shape index (κ3) is 5.29. The zero-order chi connectivity index (χ0) is 37.0. The van der Waals surface area contributed by atoms with Crippen LogP contribution in [0.5, 0.6) is 0 Å². The molecule has 0 saturated heterocycles. The minimum Gasteiger partial charge on any atom is -0.455 e. The molecule has 262 valence electrons. The molecule has 0 saturated carbocycles. The van der Waals surface area contributed by atoms with Gasteiger partial charge in [0.15, 0.2) is 17.5 Å². The second kappa shape index (κ2) is 13.0. The molecule has 0 atom stereocenters. The normalized spacial score (nSPS) is 11.6. The quantitative estimate of drug-likeness (QED) is 0.172. The van der Waals surface area contributed by atoms with Crippen molar-refractivity contribution in [3.05, 3.63) is 194 Å². The SMILES string of the molecule is c1ccc(-c2ccc3c4ccccc4n(-c4ccccc4-c4cccc5c4oc4cc(-c6nc(-c7ccccc7)nc(-c7ccccc7)n6)ccc45)c3c2)cc1. The topological polar surface area (TPSA) is 56.7 Å². The highest BCUT2D eigenvalue weighted by Gasteiger charge is 2.20. The largest absolute Gasteiger partial charge is 0.455 e. The minimum absolute atomic E-state index is 0.590. The Kier molecular flexibility index (Phi) is 7.42. The molecule has 11 aromatic rings. The van der Waals surface area contributed by atoms with E-state index in [4.69, 9.17) is 19.4 Å². The van der Waals surface area contributed by atoms with Crippen LogP contribution < -0.4 is 0 Å². The summed E-state index contributed by atoms with van der Waals surface area (Å²) in [5, 5.41) is 4.52. The summed E-state index contributed by atoms with van der Waals surface area (Å²) in [5.74, 6) is 1.84. The summed E-state index contributed by atoms with van der Waals surface area (Å²) in [5.41, 5.74) is 12.2. The number of furan rings is 1. The number of para-hydroxylation sites is 3. The summed E-state index contributed by atoms with van der Waals surface area (Å²) in [6.07, 6.45) is 0. The lowest BCUT2D eigenvalue weighted by Crippen LogP contribution is -2.00. The first-order chi connectivity index (χ1) is 27.8. The van der Waals surface area contributed by atoms with Crippen LogP contribution in [-0.2, 0) is 0 Å². The molecule has 5 nitrogen and oxygen atoms in total. The van der Waals surface area contributed by atoms with Crippen molar-refractivity contribution in [2.24, 2.45) is 0 Å². The molecule has 0 bridgehead atoms. The Labute approximate surface area is 322 Å². The van der Waals surface area contributed by atoms with Crippen molar-refractivity contribution >= 4 is 43.7 Å². The number of aromatic nitrogens is 4. The Balaban J connectivity index is 1.08. The highest BCUT2D eigenvalue weighted by atomic mass is 16.3. The summed E-state index contributed by atoms with van der Waals surface area (Å²) in [4.78, 5) is 14.8. The zero-order valence-electron chi connectivity index (χ0n) is 30.2. The van der Waals surface area contributed by atoms with Crippen molar-refractivity contribution in [2.45, 2.75) is 0 Å². The number of benzene rings is 8. The molecular formula is C51H32N4O. The van der Waals surface area contributed by atoms with Gasteiger partial charge in [-0.15, -0.1) is 0 Å². The van der Waals surface area contributed by atoms with Crippen LogP contribution in [-0.4, -0.2) is 19.5 Å². The highest BCUT2D eigenvalue weighted by molar-refractivity contribution is 6.13. The average Bonchev–Trinajstić information content (AvgIpc) is 3.82. The Morgan fingerprint density at radius 1 is 0.339 bits per heavy atom. The molecule has 0 aliphatic heterocycles. The number of hydrogen-bond acceptors (Lipinski definition) is 4. The Hall–Kier alpha value is -7.63.